The fourth-order valence-corrected chi connectivity index (χ4v) is 4.07. The number of morpholine rings is 1. The second-order valence-electron chi connectivity index (χ2n) is 7.55. The Kier molecular flexibility index (Phi) is 6.39. The summed E-state index contributed by atoms with van der Waals surface area (Å²) in [5.74, 6) is -0.608. The third kappa shape index (κ3) is 4.35. The van der Waals surface area contributed by atoms with Crippen molar-refractivity contribution in [2.24, 2.45) is 0 Å². The van der Waals surface area contributed by atoms with Gasteiger partial charge in [-0.3, -0.25) is 14.5 Å². The van der Waals surface area contributed by atoms with Crippen LogP contribution in [0.3, 0.4) is 0 Å². The smallest absolute Gasteiger partial charge is 0.295 e. The minimum absolute atomic E-state index is 0.0274. The standard InChI is InChI=1S/C23H26N2O6/c1-29-17-6-2-5-16(15-17)21(26)19-20(18-7-3-12-31-18)25(23(28)22(19)27)9-4-8-24-10-13-30-14-11-24/h2-3,5-7,12,15,20,26H,4,8-11,13-14H2,1H3/t20-/m1/s1. The average Bonchev–Trinajstić information content (AvgIpc) is 3.42. The van der Waals surface area contributed by atoms with Gasteiger partial charge in [-0.1, -0.05) is 12.1 Å². The number of likely N-dealkylation sites (tertiary alicyclic amines) is 1. The molecular formula is C23H26N2O6. The van der Waals surface area contributed by atoms with Crippen LogP contribution in [-0.4, -0.2) is 73.1 Å². The number of ketones is 1. The van der Waals surface area contributed by atoms with Gasteiger partial charge in [0.25, 0.3) is 11.7 Å². The van der Waals surface area contributed by atoms with Crippen molar-refractivity contribution in [3.8, 4) is 5.75 Å². The Balaban J connectivity index is 1.63. The van der Waals surface area contributed by atoms with Crippen molar-refractivity contribution < 1.29 is 28.6 Å². The molecule has 2 aliphatic rings. The summed E-state index contributed by atoms with van der Waals surface area (Å²) in [7, 11) is 1.52. The molecule has 3 heterocycles. The fourth-order valence-electron chi connectivity index (χ4n) is 4.07. The van der Waals surface area contributed by atoms with Gasteiger partial charge < -0.3 is 23.9 Å². The van der Waals surface area contributed by atoms with Crippen molar-refractivity contribution in [1.82, 2.24) is 9.80 Å². The normalized spacial score (nSPS) is 21.6. The van der Waals surface area contributed by atoms with Crippen LogP contribution in [0.2, 0.25) is 0 Å². The number of methoxy groups -OCH3 is 1. The molecule has 2 aliphatic heterocycles. The zero-order valence-corrected chi connectivity index (χ0v) is 17.5. The van der Waals surface area contributed by atoms with Gasteiger partial charge >= 0.3 is 0 Å². The molecule has 0 saturated carbocycles. The molecule has 1 N–H and O–H groups in total. The highest BCUT2D eigenvalue weighted by Gasteiger charge is 2.47. The molecule has 0 radical (unpaired) electrons. The number of benzene rings is 1. The summed E-state index contributed by atoms with van der Waals surface area (Å²) in [6.45, 7) is 4.30. The Morgan fingerprint density at radius 1 is 1.16 bits per heavy atom. The van der Waals surface area contributed by atoms with Gasteiger partial charge in [-0.05, 0) is 30.7 Å². The maximum absolute atomic E-state index is 12.9. The molecule has 0 unspecified atom stereocenters. The predicted octanol–water partition coefficient (Wildman–Crippen LogP) is 2.43. The topological polar surface area (TPSA) is 92.5 Å². The van der Waals surface area contributed by atoms with Crippen molar-refractivity contribution >= 4 is 17.4 Å². The van der Waals surface area contributed by atoms with Crippen molar-refractivity contribution in [2.45, 2.75) is 12.5 Å². The molecule has 1 aromatic carbocycles. The van der Waals surface area contributed by atoms with E-state index in [2.05, 4.69) is 4.90 Å². The molecule has 8 heteroatoms. The Bertz CT molecular complexity index is 962. The summed E-state index contributed by atoms with van der Waals surface area (Å²) < 4.78 is 16.1. The van der Waals surface area contributed by atoms with E-state index >= 15 is 0 Å². The SMILES string of the molecule is COc1cccc(C(O)=C2C(=O)C(=O)N(CCCN3CCOCC3)[C@@H]2c2ccco2)c1. The Labute approximate surface area is 180 Å². The Morgan fingerprint density at radius 2 is 1.97 bits per heavy atom. The van der Waals surface area contributed by atoms with E-state index in [9.17, 15) is 14.7 Å². The summed E-state index contributed by atoms with van der Waals surface area (Å²) in [6.07, 6.45) is 2.19. The molecule has 1 atom stereocenters. The Morgan fingerprint density at radius 3 is 2.68 bits per heavy atom. The number of hydrogen-bond acceptors (Lipinski definition) is 7. The van der Waals surface area contributed by atoms with Gasteiger partial charge in [0.2, 0.25) is 0 Å². The van der Waals surface area contributed by atoms with E-state index in [1.54, 1.807) is 36.4 Å². The number of carbonyl (C=O) groups is 2. The summed E-state index contributed by atoms with van der Waals surface area (Å²) >= 11 is 0. The van der Waals surface area contributed by atoms with Crippen molar-refractivity contribution in [2.75, 3.05) is 46.5 Å². The van der Waals surface area contributed by atoms with Crippen molar-refractivity contribution in [1.29, 1.82) is 0 Å². The monoisotopic (exact) mass is 426 g/mol. The molecule has 4 rings (SSSR count). The predicted molar refractivity (Wildman–Crippen MR) is 113 cm³/mol. The van der Waals surface area contributed by atoms with Gasteiger partial charge in [0, 0.05) is 31.7 Å². The van der Waals surface area contributed by atoms with Gasteiger partial charge in [0.05, 0.1) is 32.2 Å². The molecule has 0 bridgehead atoms. The second-order valence-corrected chi connectivity index (χ2v) is 7.55. The second kappa shape index (κ2) is 9.36. The minimum atomic E-state index is -0.772. The third-order valence-corrected chi connectivity index (χ3v) is 5.67. The molecule has 0 spiro atoms. The number of rotatable bonds is 7. The van der Waals surface area contributed by atoms with Crippen LogP contribution in [0, 0.1) is 0 Å². The van der Waals surface area contributed by atoms with Crippen LogP contribution < -0.4 is 4.74 Å². The molecule has 8 nitrogen and oxygen atoms in total. The summed E-state index contributed by atoms with van der Waals surface area (Å²) in [5, 5.41) is 11.0. The van der Waals surface area contributed by atoms with Crippen LogP contribution in [0.4, 0.5) is 0 Å². The highest BCUT2D eigenvalue weighted by Crippen LogP contribution is 2.39. The molecule has 1 amide bonds. The van der Waals surface area contributed by atoms with Gasteiger partial charge in [-0.15, -0.1) is 0 Å². The number of nitrogens with zero attached hydrogens (tertiary/aromatic N) is 2. The van der Waals surface area contributed by atoms with E-state index in [1.807, 2.05) is 0 Å². The first-order valence-electron chi connectivity index (χ1n) is 10.4. The summed E-state index contributed by atoms with van der Waals surface area (Å²) in [6, 6.07) is 9.40. The van der Waals surface area contributed by atoms with Crippen LogP contribution in [0.1, 0.15) is 23.8 Å². The van der Waals surface area contributed by atoms with E-state index in [0.29, 0.717) is 43.3 Å². The van der Waals surface area contributed by atoms with E-state index < -0.39 is 17.7 Å². The quantitative estimate of drug-likeness (QED) is 0.413. The van der Waals surface area contributed by atoms with E-state index in [-0.39, 0.29) is 11.3 Å². The Hall–Kier alpha value is -3.10. The molecule has 31 heavy (non-hydrogen) atoms. The fraction of sp³-hybridized carbons (Fsp3) is 0.391. The summed E-state index contributed by atoms with van der Waals surface area (Å²) in [4.78, 5) is 29.6. The lowest BCUT2D eigenvalue weighted by Crippen LogP contribution is -2.38. The molecule has 0 aliphatic carbocycles. The number of amides is 1. The van der Waals surface area contributed by atoms with Gasteiger partial charge in [-0.25, -0.2) is 0 Å². The van der Waals surface area contributed by atoms with Gasteiger partial charge in [0.15, 0.2) is 0 Å². The lowest BCUT2D eigenvalue weighted by Gasteiger charge is -2.28. The molecule has 2 fully saturated rings. The lowest BCUT2D eigenvalue weighted by molar-refractivity contribution is -0.140. The zero-order chi connectivity index (χ0) is 21.8. The number of furan rings is 1. The van der Waals surface area contributed by atoms with Crippen LogP contribution in [0.25, 0.3) is 5.76 Å². The number of Topliss-reactive ketones (excluding diaryl/α,β-unsaturated/α-hetero) is 1. The molecule has 2 saturated heterocycles. The number of aliphatic hydroxyl groups is 1. The largest absolute Gasteiger partial charge is 0.507 e. The highest BCUT2D eigenvalue weighted by atomic mass is 16.5. The lowest BCUT2D eigenvalue weighted by atomic mass is 9.99. The summed E-state index contributed by atoms with van der Waals surface area (Å²) in [5.41, 5.74) is 0.432. The van der Waals surface area contributed by atoms with Crippen molar-refractivity contribution in [3.05, 3.63) is 59.6 Å². The van der Waals surface area contributed by atoms with E-state index in [0.717, 1.165) is 19.6 Å². The number of hydrogen-bond donors (Lipinski definition) is 1. The number of aliphatic hydroxyl groups excluding tert-OH is 1. The third-order valence-electron chi connectivity index (χ3n) is 5.67. The molecule has 164 valence electrons. The zero-order valence-electron chi connectivity index (χ0n) is 17.5. The van der Waals surface area contributed by atoms with Gasteiger partial charge in [0.1, 0.15) is 23.3 Å². The first-order valence-corrected chi connectivity index (χ1v) is 10.4. The maximum atomic E-state index is 12.9. The first-order chi connectivity index (χ1) is 15.1. The van der Waals surface area contributed by atoms with Crippen LogP contribution in [0.15, 0.2) is 52.7 Å². The maximum Gasteiger partial charge on any atom is 0.295 e. The first kappa shape index (κ1) is 21.1. The van der Waals surface area contributed by atoms with Crippen LogP contribution >= 0.6 is 0 Å². The number of ether oxygens (including phenoxy) is 2. The highest BCUT2D eigenvalue weighted by molar-refractivity contribution is 6.46. The van der Waals surface area contributed by atoms with E-state index in [4.69, 9.17) is 13.9 Å². The molecule has 2 aromatic rings. The molecular weight excluding hydrogens is 400 g/mol. The van der Waals surface area contributed by atoms with Crippen LogP contribution in [-0.2, 0) is 14.3 Å². The number of carbonyl (C=O) groups excluding carboxylic acids is 2. The minimum Gasteiger partial charge on any atom is -0.507 e. The van der Waals surface area contributed by atoms with Crippen molar-refractivity contribution in [3.63, 3.8) is 0 Å². The average molecular weight is 426 g/mol. The van der Waals surface area contributed by atoms with E-state index in [1.165, 1.54) is 18.3 Å². The molecule has 1 aromatic heterocycles. The van der Waals surface area contributed by atoms with Crippen LogP contribution in [0.5, 0.6) is 5.75 Å². The van der Waals surface area contributed by atoms with Gasteiger partial charge in [-0.2, -0.15) is 0 Å².